The van der Waals surface area contributed by atoms with Crippen LogP contribution in [0.4, 0.5) is 5.69 Å². The van der Waals surface area contributed by atoms with Gasteiger partial charge in [-0.2, -0.15) is 0 Å². The SMILES string of the molecule is COc1ccc(NCC(O)c2cc(Cl)ccc2Cl)cc1Cl. The summed E-state index contributed by atoms with van der Waals surface area (Å²) >= 11 is 18.0. The van der Waals surface area contributed by atoms with Crippen LogP contribution in [0.1, 0.15) is 11.7 Å². The van der Waals surface area contributed by atoms with Crippen molar-refractivity contribution < 1.29 is 9.84 Å². The molecular formula is C15H14Cl3NO2. The third kappa shape index (κ3) is 4.17. The Bertz CT molecular complexity index is 634. The molecule has 1 unspecified atom stereocenters. The maximum absolute atomic E-state index is 10.2. The standard InChI is InChI=1S/C15H14Cl3NO2/c1-21-15-5-3-10(7-13(15)18)19-8-14(20)11-6-9(16)2-4-12(11)17/h2-7,14,19-20H,8H2,1H3. The van der Waals surface area contributed by atoms with Crippen molar-refractivity contribution >= 4 is 40.5 Å². The predicted octanol–water partition coefficient (Wildman–Crippen LogP) is 4.80. The third-order valence-electron chi connectivity index (χ3n) is 2.97. The van der Waals surface area contributed by atoms with Gasteiger partial charge in [0.25, 0.3) is 0 Å². The Labute approximate surface area is 138 Å². The van der Waals surface area contributed by atoms with E-state index in [0.717, 1.165) is 5.69 Å². The number of aliphatic hydroxyl groups is 1. The molecule has 0 aliphatic rings. The first-order chi connectivity index (χ1) is 10.0. The highest BCUT2D eigenvalue weighted by Gasteiger charge is 2.12. The van der Waals surface area contributed by atoms with E-state index in [1.54, 1.807) is 37.4 Å². The summed E-state index contributed by atoms with van der Waals surface area (Å²) in [6, 6.07) is 10.3. The van der Waals surface area contributed by atoms with E-state index in [2.05, 4.69) is 5.32 Å². The molecule has 6 heteroatoms. The highest BCUT2D eigenvalue weighted by molar-refractivity contribution is 6.33. The number of hydrogen-bond donors (Lipinski definition) is 2. The van der Waals surface area contributed by atoms with Crippen molar-refractivity contribution in [1.82, 2.24) is 0 Å². The second-order valence-corrected chi connectivity index (χ2v) is 5.66. The van der Waals surface area contributed by atoms with Crippen LogP contribution in [0.5, 0.6) is 5.75 Å². The molecule has 3 nitrogen and oxygen atoms in total. The summed E-state index contributed by atoms with van der Waals surface area (Å²) in [5, 5.41) is 14.8. The molecule has 0 heterocycles. The average Bonchev–Trinajstić information content (AvgIpc) is 2.47. The van der Waals surface area contributed by atoms with Gasteiger partial charge in [0.1, 0.15) is 5.75 Å². The van der Waals surface area contributed by atoms with Gasteiger partial charge < -0.3 is 15.2 Å². The molecule has 0 radical (unpaired) electrons. The third-order valence-corrected chi connectivity index (χ3v) is 3.84. The molecule has 0 bridgehead atoms. The molecule has 112 valence electrons. The largest absolute Gasteiger partial charge is 0.495 e. The first-order valence-corrected chi connectivity index (χ1v) is 7.35. The molecular weight excluding hydrogens is 333 g/mol. The molecule has 0 amide bonds. The molecule has 21 heavy (non-hydrogen) atoms. The van der Waals surface area contributed by atoms with Gasteiger partial charge in [0, 0.05) is 27.8 Å². The average molecular weight is 347 g/mol. The lowest BCUT2D eigenvalue weighted by Crippen LogP contribution is -2.12. The molecule has 0 fully saturated rings. The van der Waals surface area contributed by atoms with Crippen LogP contribution >= 0.6 is 34.8 Å². The summed E-state index contributed by atoms with van der Waals surface area (Å²) in [6.07, 6.45) is -0.780. The maximum Gasteiger partial charge on any atom is 0.137 e. The summed E-state index contributed by atoms with van der Waals surface area (Å²) in [4.78, 5) is 0. The lowest BCUT2D eigenvalue weighted by Gasteiger charge is -2.15. The van der Waals surface area contributed by atoms with Gasteiger partial charge in [0.15, 0.2) is 0 Å². The lowest BCUT2D eigenvalue weighted by molar-refractivity contribution is 0.192. The van der Waals surface area contributed by atoms with Crippen molar-refractivity contribution in [2.75, 3.05) is 19.0 Å². The number of aliphatic hydroxyl groups excluding tert-OH is 1. The summed E-state index contributed by atoms with van der Waals surface area (Å²) < 4.78 is 5.08. The molecule has 0 saturated heterocycles. The fraction of sp³-hybridized carbons (Fsp3) is 0.200. The summed E-state index contributed by atoms with van der Waals surface area (Å²) in [5.41, 5.74) is 1.36. The van der Waals surface area contributed by atoms with Crippen LogP contribution in [0.25, 0.3) is 0 Å². The quantitative estimate of drug-likeness (QED) is 0.817. The summed E-state index contributed by atoms with van der Waals surface area (Å²) in [5.74, 6) is 0.598. The maximum atomic E-state index is 10.2. The van der Waals surface area contributed by atoms with Crippen molar-refractivity contribution in [3.63, 3.8) is 0 Å². The molecule has 2 rings (SSSR count). The van der Waals surface area contributed by atoms with Gasteiger partial charge >= 0.3 is 0 Å². The van der Waals surface area contributed by atoms with E-state index < -0.39 is 6.10 Å². The van der Waals surface area contributed by atoms with Crippen LogP contribution in [0.15, 0.2) is 36.4 Å². The Balaban J connectivity index is 2.05. The molecule has 0 saturated carbocycles. The van der Waals surface area contributed by atoms with E-state index in [-0.39, 0.29) is 6.54 Å². The van der Waals surface area contributed by atoms with Crippen LogP contribution in [0, 0.1) is 0 Å². The Morgan fingerprint density at radius 2 is 1.86 bits per heavy atom. The Hall–Kier alpha value is -1.13. The predicted molar refractivity (Wildman–Crippen MR) is 87.9 cm³/mol. The summed E-state index contributed by atoms with van der Waals surface area (Å²) in [6.45, 7) is 0.280. The first-order valence-electron chi connectivity index (χ1n) is 6.21. The van der Waals surface area contributed by atoms with E-state index in [0.29, 0.717) is 26.4 Å². The smallest absolute Gasteiger partial charge is 0.137 e. The highest BCUT2D eigenvalue weighted by Crippen LogP contribution is 2.29. The minimum absolute atomic E-state index is 0.280. The Morgan fingerprint density at radius 3 is 2.52 bits per heavy atom. The molecule has 1 atom stereocenters. The van der Waals surface area contributed by atoms with Crippen LogP contribution in [-0.2, 0) is 0 Å². The zero-order valence-electron chi connectivity index (χ0n) is 11.2. The van der Waals surface area contributed by atoms with Crippen LogP contribution in [0.3, 0.4) is 0 Å². The van der Waals surface area contributed by atoms with E-state index in [1.807, 2.05) is 6.07 Å². The van der Waals surface area contributed by atoms with Gasteiger partial charge in [-0.1, -0.05) is 34.8 Å². The van der Waals surface area contributed by atoms with Crippen LogP contribution < -0.4 is 10.1 Å². The van der Waals surface area contributed by atoms with Crippen LogP contribution in [0.2, 0.25) is 15.1 Å². The Morgan fingerprint density at radius 1 is 1.10 bits per heavy atom. The normalized spacial score (nSPS) is 12.0. The Kier molecular flexibility index (Phi) is 5.59. The number of ether oxygens (including phenoxy) is 1. The van der Waals surface area contributed by atoms with Crippen molar-refractivity contribution in [2.24, 2.45) is 0 Å². The van der Waals surface area contributed by atoms with Gasteiger partial charge in [0.2, 0.25) is 0 Å². The number of anilines is 1. The minimum Gasteiger partial charge on any atom is -0.495 e. The summed E-state index contributed by atoms with van der Waals surface area (Å²) in [7, 11) is 1.55. The minimum atomic E-state index is -0.780. The topological polar surface area (TPSA) is 41.5 Å². The number of rotatable bonds is 5. The molecule has 0 aliphatic heterocycles. The number of hydrogen-bond acceptors (Lipinski definition) is 3. The monoisotopic (exact) mass is 345 g/mol. The fourth-order valence-electron chi connectivity index (χ4n) is 1.87. The van der Waals surface area contributed by atoms with E-state index >= 15 is 0 Å². The molecule has 2 N–H and O–H groups in total. The van der Waals surface area contributed by atoms with Gasteiger partial charge in [-0.05, 0) is 36.4 Å². The van der Waals surface area contributed by atoms with Crippen molar-refractivity contribution in [3.8, 4) is 5.75 Å². The second-order valence-electron chi connectivity index (χ2n) is 4.41. The van der Waals surface area contributed by atoms with E-state index in [4.69, 9.17) is 39.5 Å². The van der Waals surface area contributed by atoms with Gasteiger partial charge in [-0.15, -0.1) is 0 Å². The molecule has 0 aromatic heterocycles. The number of nitrogens with one attached hydrogen (secondary N) is 1. The second kappa shape index (κ2) is 7.23. The molecule has 0 spiro atoms. The van der Waals surface area contributed by atoms with Gasteiger partial charge in [-0.25, -0.2) is 0 Å². The number of benzene rings is 2. The zero-order chi connectivity index (χ0) is 15.4. The van der Waals surface area contributed by atoms with Crippen LogP contribution in [-0.4, -0.2) is 18.8 Å². The van der Waals surface area contributed by atoms with Gasteiger partial charge in [0.05, 0.1) is 18.2 Å². The molecule has 0 aliphatic carbocycles. The highest BCUT2D eigenvalue weighted by atomic mass is 35.5. The lowest BCUT2D eigenvalue weighted by atomic mass is 10.1. The van der Waals surface area contributed by atoms with Crippen molar-refractivity contribution in [2.45, 2.75) is 6.10 Å². The van der Waals surface area contributed by atoms with E-state index in [1.165, 1.54) is 0 Å². The molecule has 2 aromatic carbocycles. The van der Waals surface area contributed by atoms with Crippen molar-refractivity contribution in [3.05, 3.63) is 57.0 Å². The van der Waals surface area contributed by atoms with E-state index in [9.17, 15) is 5.11 Å². The zero-order valence-corrected chi connectivity index (χ0v) is 13.5. The number of methoxy groups -OCH3 is 1. The van der Waals surface area contributed by atoms with Gasteiger partial charge in [-0.3, -0.25) is 0 Å². The molecule has 2 aromatic rings. The number of halogens is 3. The first kappa shape index (κ1) is 16.2. The van der Waals surface area contributed by atoms with Crippen molar-refractivity contribution in [1.29, 1.82) is 0 Å². The fourth-order valence-corrected chi connectivity index (χ4v) is 2.55.